The molecule has 0 aliphatic carbocycles. The minimum Gasteiger partial charge on any atom is -0.305 e. The third kappa shape index (κ3) is 2.45. The maximum Gasteiger partial charge on any atom is 0.0572 e. The summed E-state index contributed by atoms with van der Waals surface area (Å²) in [5, 5.41) is 0.713. The second-order valence-electron chi connectivity index (χ2n) is 2.24. The predicted octanol–water partition coefficient (Wildman–Crippen LogP) is 2.75. The zero-order chi connectivity index (χ0) is 8.97. The lowest BCUT2D eigenvalue weighted by Gasteiger charge is -2.05. The fourth-order valence-electron chi connectivity index (χ4n) is 0.835. The second kappa shape index (κ2) is 4.82. The van der Waals surface area contributed by atoms with Crippen LogP contribution in [0.25, 0.3) is 0 Å². The van der Waals surface area contributed by atoms with Gasteiger partial charge in [0, 0.05) is 11.0 Å². The first-order valence-electron chi connectivity index (χ1n) is 3.44. The van der Waals surface area contributed by atoms with Crippen molar-refractivity contribution in [1.29, 1.82) is 0 Å². The van der Waals surface area contributed by atoms with Crippen LogP contribution in [0.3, 0.4) is 0 Å². The molecule has 0 aromatic heterocycles. The predicted molar refractivity (Wildman–Crippen MR) is 53.0 cm³/mol. The fourth-order valence-corrected chi connectivity index (χ4v) is 1.43. The molecule has 1 aromatic rings. The van der Waals surface area contributed by atoms with Crippen LogP contribution in [-0.2, 0) is 11.4 Å². The minimum atomic E-state index is 0.637. The van der Waals surface area contributed by atoms with Crippen LogP contribution in [0.4, 0.5) is 0 Å². The average molecular weight is 251 g/mol. The van der Waals surface area contributed by atoms with Crippen LogP contribution >= 0.6 is 27.5 Å². The smallest absolute Gasteiger partial charge is 0.0572 e. The Hall–Kier alpha value is -0.0900. The summed E-state index contributed by atoms with van der Waals surface area (Å²) in [5.41, 5.74) is 3.82. The van der Waals surface area contributed by atoms with Crippen molar-refractivity contribution in [2.24, 2.45) is 0 Å². The Labute approximate surface area is 84.9 Å². The van der Waals surface area contributed by atoms with E-state index >= 15 is 0 Å². The number of benzene rings is 1. The van der Waals surface area contributed by atoms with E-state index < -0.39 is 0 Å². The normalized spacial score (nSPS) is 10.2. The average Bonchev–Trinajstić information content (AvgIpc) is 2.08. The van der Waals surface area contributed by atoms with Crippen LogP contribution in [0.5, 0.6) is 0 Å². The number of rotatable bonds is 3. The number of halogens is 2. The molecule has 1 rings (SSSR count). The van der Waals surface area contributed by atoms with Crippen LogP contribution in [0.2, 0.25) is 5.02 Å². The topological polar surface area (TPSA) is 21.3 Å². The van der Waals surface area contributed by atoms with Gasteiger partial charge in [0.2, 0.25) is 0 Å². The van der Waals surface area contributed by atoms with Crippen LogP contribution in [0, 0.1) is 0 Å². The van der Waals surface area contributed by atoms with Crippen molar-refractivity contribution in [2.75, 3.05) is 7.11 Å². The van der Waals surface area contributed by atoms with Gasteiger partial charge in [-0.25, -0.2) is 0 Å². The lowest BCUT2D eigenvalue weighted by atomic mass is 10.2. The highest BCUT2D eigenvalue weighted by atomic mass is 79.9. The van der Waals surface area contributed by atoms with E-state index in [1.807, 2.05) is 18.2 Å². The van der Waals surface area contributed by atoms with E-state index in [2.05, 4.69) is 21.4 Å². The first-order chi connectivity index (χ1) is 5.75. The van der Waals surface area contributed by atoms with Gasteiger partial charge in [0.15, 0.2) is 0 Å². The summed E-state index contributed by atoms with van der Waals surface area (Å²) >= 11 is 9.26. The van der Waals surface area contributed by atoms with Crippen molar-refractivity contribution < 1.29 is 4.84 Å². The Balaban J connectivity index is 2.78. The summed E-state index contributed by atoms with van der Waals surface area (Å²) in [6.45, 7) is 0.637. The van der Waals surface area contributed by atoms with Crippen LogP contribution < -0.4 is 5.48 Å². The van der Waals surface area contributed by atoms with Crippen molar-refractivity contribution in [3.8, 4) is 0 Å². The van der Waals surface area contributed by atoms with E-state index in [0.29, 0.717) is 11.6 Å². The Morgan fingerprint density at radius 1 is 1.58 bits per heavy atom. The highest BCUT2D eigenvalue weighted by Gasteiger charge is 2.01. The van der Waals surface area contributed by atoms with Gasteiger partial charge in [-0.15, -0.1) is 0 Å². The van der Waals surface area contributed by atoms with Crippen LogP contribution in [0.15, 0.2) is 22.7 Å². The monoisotopic (exact) mass is 249 g/mol. The first-order valence-corrected chi connectivity index (χ1v) is 4.61. The van der Waals surface area contributed by atoms with Crippen molar-refractivity contribution >= 4 is 27.5 Å². The lowest BCUT2D eigenvalue weighted by molar-refractivity contribution is 0.0866. The van der Waals surface area contributed by atoms with Gasteiger partial charge >= 0.3 is 0 Å². The number of hydroxylamine groups is 1. The van der Waals surface area contributed by atoms with E-state index in [4.69, 9.17) is 16.4 Å². The summed E-state index contributed by atoms with van der Waals surface area (Å²) in [7, 11) is 1.58. The molecular weight excluding hydrogens is 241 g/mol. The molecule has 0 saturated heterocycles. The SMILES string of the molecule is CONCc1cccc(Cl)c1Br. The summed E-state index contributed by atoms with van der Waals surface area (Å²) in [5.74, 6) is 0. The minimum absolute atomic E-state index is 0.637. The molecule has 4 heteroatoms. The standard InChI is InChI=1S/C8H9BrClNO/c1-12-11-5-6-3-2-4-7(10)8(6)9/h2-4,11H,5H2,1H3. The van der Waals surface area contributed by atoms with E-state index in [1.54, 1.807) is 7.11 Å². The molecule has 1 aromatic carbocycles. The van der Waals surface area contributed by atoms with Gasteiger partial charge in [0.25, 0.3) is 0 Å². The van der Waals surface area contributed by atoms with Gasteiger partial charge in [-0.1, -0.05) is 23.7 Å². The second-order valence-corrected chi connectivity index (χ2v) is 3.44. The molecule has 2 nitrogen and oxygen atoms in total. The summed E-state index contributed by atoms with van der Waals surface area (Å²) in [6, 6.07) is 5.71. The quantitative estimate of drug-likeness (QED) is 0.833. The molecule has 0 unspecified atom stereocenters. The van der Waals surface area contributed by atoms with E-state index in [0.717, 1.165) is 10.0 Å². The van der Waals surface area contributed by atoms with Gasteiger partial charge in [-0.3, -0.25) is 0 Å². The van der Waals surface area contributed by atoms with Crippen molar-refractivity contribution in [3.05, 3.63) is 33.3 Å². The highest BCUT2D eigenvalue weighted by Crippen LogP contribution is 2.25. The van der Waals surface area contributed by atoms with Crippen LogP contribution in [0.1, 0.15) is 5.56 Å². The van der Waals surface area contributed by atoms with Crippen molar-refractivity contribution in [3.63, 3.8) is 0 Å². The molecule has 0 aliphatic rings. The molecule has 0 fully saturated rings. The van der Waals surface area contributed by atoms with E-state index in [-0.39, 0.29) is 0 Å². The van der Waals surface area contributed by atoms with Crippen LogP contribution in [-0.4, -0.2) is 7.11 Å². The Morgan fingerprint density at radius 3 is 3.00 bits per heavy atom. The third-order valence-electron chi connectivity index (χ3n) is 1.44. The lowest BCUT2D eigenvalue weighted by Crippen LogP contribution is -2.11. The summed E-state index contributed by atoms with van der Waals surface area (Å²) in [4.78, 5) is 4.73. The zero-order valence-corrected chi connectivity index (χ0v) is 8.95. The number of hydrogen-bond donors (Lipinski definition) is 1. The Morgan fingerprint density at radius 2 is 2.33 bits per heavy atom. The zero-order valence-electron chi connectivity index (χ0n) is 6.60. The first kappa shape index (κ1) is 9.99. The Bertz CT molecular complexity index is 267. The fraction of sp³-hybridized carbons (Fsp3) is 0.250. The van der Waals surface area contributed by atoms with Gasteiger partial charge in [0.05, 0.1) is 12.1 Å². The number of nitrogens with one attached hydrogen (secondary N) is 1. The third-order valence-corrected chi connectivity index (χ3v) is 2.92. The molecule has 0 spiro atoms. The molecule has 0 heterocycles. The largest absolute Gasteiger partial charge is 0.305 e. The molecule has 0 radical (unpaired) electrons. The van der Waals surface area contributed by atoms with E-state index in [9.17, 15) is 0 Å². The molecule has 0 atom stereocenters. The highest BCUT2D eigenvalue weighted by molar-refractivity contribution is 9.10. The Kier molecular flexibility index (Phi) is 4.01. The molecule has 0 saturated carbocycles. The van der Waals surface area contributed by atoms with Gasteiger partial charge < -0.3 is 4.84 Å². The van der Waals surface area contributed by atoms with Gasteiger partial charge in [-0.05, 0) is 27.6 Å². The summed E-state index contributed by atoms with van der Waals surface area (Å²) < 4.78 is 0.913. The summed E-state index contributed by atoms with van der Waals surface area (Å²) in [6.07, 6.45) is 0. The molecule has 12 heavy (non-hydrogen) atoms. The maximum absolute atomic E-state index is 5.88. The molecule has 66 valence electrons. The molecule has 0 aliphatic heterocycles. The molecule has 0 bridgehead atoms. The maximum atomic E-state index is 5.88. The van der Waals surface area contributed by atoms with Crippen molar-refractivity contribution in [2.45, 2.75) is 6.54 Å². The number of hydrogen-bond acceptors (Lipinski definition) is 2. The van der Waals surface area contributed by atoms with Gasteiger partial charge in [0.1, 0.15) is 0 Å². The molecular formula is C8H9BrClNO. The van der Waals surface area contributed by atoms with Crippen molar-refractivity contribution in [1.82, 2.24) is 5.48 Å². The molecule has 0 amide bonds. The van der Waals surface area contributed by atoms with E-state index in [1.165, 1.54) is 0 Å². The van der Waals surface area contributed by atoms with Gasteiger partial charge in [-0.2, -0.15) is 5.48 Å². The molecule has 1 N–H and O–H groups in total.